The zero-order valence-corrected chi connectivity index (χ0v) is 16.4. The van der Waals surface area contributed by atoms with Crippen LogP contribution in [-0.2, 0) is 9.59 Å². The lowest BCUT2D eigenvalue weighted by Gasteiger charge is -2.29. The maximum absolute atomic E-state index is 13.0. The number of urea groups is 1. The second-order valence-corrected chi connectivity index (χ2v) is 7.38. The number of carbonyl (C=O) groups is 3. The van der Waals surface area contributed by atoms with Crippen molar-refractivity contribution in [3.05, 3.63) is 65.2 Å². The molecule has 0 radical (unpaired) electrons. The molecule has 6 nitrogen and oxygen atoms in total. The van der Waals surface area contributed by atoms with Crippen LogP contribution in [-0.4, -0.2) is 30.9 Å². The molecule has 4 amide bonds. The molecule has 2 fully saturated rings. The molecular weight excluding hydrogens is 366 g/mol. The molecule has 1 N–H and O–H groups in total. The standard InChI is InChI=1S/C23H23N3O3/c1-16-7-3-4-8-20(16)26-22(28)19(21(27)24-23(26)29)15-17-9-11-18(12-10-17)25-13-5-2-6-14-25/h3-4,7-12,15H,2,5-6,13-14H2,1H3,(H,24,27,29)/b19-15-. The van der Waals surface area contributed by atoms with Crippen molar-refractivity contribution in [2.24, 2.45) is 0 Å². The van der Waals surface area contributed by atoms with Crippen molar-refractivity contribution in [1.82, 2.24) is 5.32 Å². The lowest BCUT2D eigenvalue weighted by atomic mass is 10.0. The number of hydrogen-bond acceptors (Lipinski definition) is 4. The monoisotopic (exact) mass is 389 g/mol. The molecule has 0 bridgehead atoms. The van der Waals surface area contributed by atoms with E-state index in [-0.39, 0.29) is 5.57 Å². The van der Waals surface area contributed by atoms with Gasteiger partial charge in [0.1, 0.15) is 5.57 Å². The minimum Gasteiger partial charge on any atom is -0.372 e. The van der Waals surface area contributed by atoms with Crippen molar-refractivity contribution in [1.29, 1.82) is 0 Å². The molecule has 29 heavy (non-hydrogen) atoms. The lowest BCUT2D eigenvalue weighted by Crippen LogP contribution is -2.54. The molecule has 148 valence electrons. The van der Waals surface area contributed by atoms with Gasteiger partial charge in [-0.3, -0.25) is 14.9 Å². The normalized spacial score (nSPS) is 18.9. The smallest absolute Gasteiger partial charge is 0.335 e. The van der Waals surface area contributed by atoms with E-state index in [1.54, 1.807) is 12.1 Å². The highest BCUT2D eigenvalue weighted by Crippen LogP contribution is 2.26. The third-order valence-electron chi connectivity index (χ3n) is 5.38. The van der Waals surface area contributed by atoms with Crippen LogP contribution in [0.5, 0.6) is 0 Å². The number of hydrogen-bond donors (Lipinski definition) is 1. The number of anilines is 2. The number of amides is 4. The predicted molar refractivity (Wildman–Crippen MR) is 113 cm³/mol. The first-order valence-corrected chi connectivity index (χ1v) is 9.87. The number of para-hydroxylation sites is 1. The third-order valence-corrected chi connectivity index (χ3v) is 5.38. The average molecular weight is 389 g/mol. The van der Waals surface area contributed by atoms with Gasteiger partial charge < -0.3 is 4.90 Å². The summed E-state index contributed by atoms with van der Waals surface area (Å²) in [6.07, 6.45) is 5.20. The molecule has 6 heteroatoms. The first-order valence-electron chi connectivity index (χ1n) is 9.87. The van der Waals surface area contributed by atoms with Gasteiger partial charge in [-0.05, 0) is 61.6 Å². The van der Waals surface area contributed by atoms with Gasteiger partial charge in [-0.15, -0.1) is 0 Å². The minimum absolute atomic E-state index is 0.0569. The summed E-state index contributed by atoms with van der Waals surface area (Å²) in [5, 5.41) is 2.27. The van der Waals surface area contributed by atoms with Crippen LogP contribution in [0.2, 0.25) is 0 Å². The topological polar surface area (TPSA) is 69.7 Å². The van der Waals surface area contributed by atoms with Crippen LogP contribution in [0.25, 0.3) is 6.08 Å². The summed E-state index contributed by atoms with van der Waals surface area (Å²) in [5.74, 6) is -1.29. The van der Waals surface area contributed by atoms with E-state index in [4.69, 9.17) is 0 Å². The number of imide groups is 2. The van der Waals surface area contributed by atoms with Gasteiger partial charge in [0, 0.05) is 18.8 Å². The van der Waals surface area contributed by atoms with E-state index >= 15 is 0 Å². The molecule has 0 aromatic heterocycles. The summed E-state index contributed by atoms with van der Waals surface area (Å²) >= 11 is 0. The molecule has 0 unspecified atom stereocenters. The number of nitrogens with zero attached hydrogens (tertiary/aromatic N) is 2. The van der Waals surface area contributed by atoms with Gasteiger partial charge in [0.25, 0.3) is 11.8 Å². The highest BCUT2D eigenvalue weighted by Gasteiger charge is 2.37. The fourth-order valence-corrected chi connectivity index (χ4v) is 3.79. The molecule has 0 atom stereocenters. The second-order valence-electron chi connectivity index (χ2n) is 7.38. The van der Waals surface area contributed by atoms with Crippen LogP contribution in [0.15, 0.2) is 54.1 Å². The van der Waals surface area contributed by atoms with Crippen molar-refractivity contribution in [3.63, 3.8) is 0 Å². The maximum atomic E-state index is 13.0. The van der Waals surface area contributed by atoms with Crippen LogP contribution in [0.1, 0.15) is 30.4 Å². The summed E-state index contributed by atoms with van der Waals surface area (Å²) in [7, 11) is 0. The van der Waals surface area contributed by atoms with E-state index in [2.05, 4.69) is 10.2 Å². The Balaban J connectivity index is 1.62. The SMILES string of the molecule is Cc1ccccc1N1C(=O)NC(=O)/C(=C/c2ccc(N3CCCCC3)cc2)C1=O. The predicted octanol–water partition coefficient (Wildman–Crippen LogP) is 3.65. The maximum Gasteiger partial charge on any atom is 0.335 e. The molecule has 2 aromatic carbocycles. The first-order chi connectivity index (χ1) is 14.0. The minimum atomic E-state index is -0.730. The van der Waals surface area contributed by atoms with Gasteiger partial charge in [0.05, 0.1) is 5.69 Å². The average Bonchev–Trinajstić information content (AvgIpc) is 2.73. The van der Waals surface area contributed by atoms with E-state index in [1.807, 2.05) is 43.3 Å². The number of nitrogens with one attached hydrogen (secondary N) is 1. The third kappa shape index (κ3) is 3.78. The molecular formula is C23H23N3O3. The van der Waals surface area contributed by atoms with Crippen LogP contribution in [0.3, 0.4) is 0 Å². The van der Waals surface area contributed by atoms with Crippen molar-refractivity contribution < 1.29 is 14.4 Å². The number of rotatable bonds is 3. The number of aryl methyl sites for hydroxylation is 1. The lowest BCUT2D eigenvalue weighted by molar-refractivity contribution is -0.122. The Morgan fingerprint density at radius 1 is 0.897 bits per heavy atom. The molecule has 2 aromatic rings. The van der Waals surface area contributed by atoms with E-state index in [0.717, 1.165) is 34.8 Å². The van der Waals surface area contributed by atoms with Gasteiger partial charge in [0.15, 0.2) is 0 Å². The van der Waals surface area contributed by atoms with Crippen molar-refractivity contribution in [3.8, 4) is 0 Å². The summed E-state index contributed by atoms with van der Waals surface area (Å²) < 4.78 is 0. The summed E-state index contributed by atoms with van der Waals surface area (Å²) in [6, 6.07) is 14.2. The van der Waals surface area contributed by atoms with Gasteiger partial charge in [-0.25, -0.2) is 9.69 Å². The van der Waals surface area contributed by atoms with E-state index < -0.39 is 17.8 Å². The van der Waals surface area contributed by atoms with Gasteiger partial charge in [0.2, 0.25) is 0 Å². The Hall–Kier alpha value is -3.41. The van der Waals surface area contributed by atoms with Crippen molar-refractivity contribution in [2.45, 2.75) is 26.2 Å². The Bertz CT molecular complexity index is 989. The van der Waals surface area contributed by atoms with Crippen molar-refractivity contribution in [2.75, 3.05) is 22.9 Å². The fraction of sp³-hybridized carbons (Fsp3) is 0.261. The zero-order chi connectivity index (χ0) is 20.4. The Labute approximate surface area is 169 Å². The highest BCUT2D eigenvalue weighted by atomic mass is 16.2. The number of benzene rings is 2. The fourth-order valence-electron chi connectivity index (χ4n) is 3.79. The van der Waals surface area contributed by atoms with E-state index in [0.29, 0.717) is 5.69 Å². The van der Waals surface area contributed by atoms with E-state index in [1.165, 1.54) is 25.3 Å². The highest BCUT2D eigenvalue weighted by molar-refractivity contribution is 6.39. The van der Waals surface area contributed by atoms with Gasteiger partial charge in [-0.1, -0.05) is 30.3 Å². The van der Waals surface area contributed by atoms with Gasteiger partial charge >= 0.3 is 6.03 Å². The Morgan fingerprint density at radius 3 is 2.28 bits per heavy atom. The van der Waals surface area contributed by atoms with Crippen LogP contribution in [0.4, 0.5) is 16.2 Å². The van der Waals surface area contributed by atoms with Crippen LogP contribution < -0.4 is 15.1 Å². The van der Waals surface area contributed by atoms with Crippen LogP contribution in [0, 0.1) is 6.92 Å². The second kappa shape index (κ2) is 7.91. The first kappa shape index (κ1) is 18.9. The molecule has 0 saturated carbocycles. The van der Waals surface area contributed by atoms with Gasteiger partial charge in [-0.2, -0.15) is 0 Å². The molecule has 2 saturated heterocycles. The zero-order valence-electron chi connectivity index (χ0n) is 16.4. The van der Waals surface area contributed by atoms with Crippen molar-refractivity contribution >= 4 is 35.3 Å². The summed E-state index contributed by atoms with van der Waals surface area (Å²) in [5.41, 5.74) is 3.06. The number of barbiturate groups is 1. The van der Waals surface area contributed by atoms with E-state index in [9.17, 15) is 14.4 Å². The molecule has 0 spiro atoms. The molecule has 2 heterocycles. The Morgan fingerprint density at radius 2 is 1.59 bits per heavy atom. The molecule has 2 aliphatic rings. The molecule has 2 aliphatic heterocycles. The largest absolute Gasteiger partial charge is 0.372 e. The molecule has 4 rings (SSSR count). The number of carbonyl (C=O) groups excluding carboxylic acids is 3. The van der Waals surface area contributed by atoms with Crippen LogP contribution >= 0.6 is 0 Å². The number of piperidine rings is 1. The Kier molecular flexibility index (Phi) is 5.16. The molecule has 0 aliphatic carbocycles. The summed E-state index contributed by atoms with van der Waals surface area (Å²) in [4.78, 5) is 41.0. The summed E-state index contributed by atoms with van der Waals surface area (Å²) in [6.45, 7) is 3.92. The quantitative estimate of drug-likeness (QED) is 0.643.